The Bertz CT molecular complexity index is 775. The number of hydrogen-bond donors (Lipinski definition) is 2. The molecule has 0 unspecified atom stereocenters. The fourth-order valence-electron chi connectivity index (χ4n) is 1.92. The Balaban J connectivity index is 1.71. The van der Waals surface area contributed by atoms with E-state index in [-0.39, 0.29) is 6.54 Å². The molecule has 7 nitrogen and oxygen atoms in total. The first-order chi connectivity index (χ1) is 12.5. The van der Waals surface area contributed by atoms with Gasteiger partial charge in [0.2, 0.25) is 0 Å². The van der Waals surface area contributed by atoms with Crippen LogP contribution in [0.5, 0.6) is 5.75 Å². The maximum atomic E-state index is 11.8. The molecule has 0 saturated heterocycles. The minimum absolute atomic E-state index is 0.350. The highest BCUT2D eigenvalue weighted by Crippen LogP contribution is 2.14. The minimum atomic E-state index is -0.725. The Morgan fingerprint density at radius 2 is 1.65 bits per heavy atom. The summed E-state index contributed by atoms with van der Waals surface area (Å²) in [6.07, 6.45) is 0. The van der Waals surface area contributed by atoms with Crippen LogP contribution in [-0.4, -0.2) is 38.0 Å². The number of carbonyl (C=O) groups is 3. The molecule has 0 aliphatic heterocycles. The van der Waals surface area contributed by atoms with Crippen LogP contribution in [0.3, 0.4) is 0 Å². The van der Waals surface area contributed by atoms with Crippen molar-refractivity contribution in [3.05, 3.63) is 59.1 Å². The van der Waals surface area contributed by atoms with Crippen molar-refractivity contribution in [1.29, 1.82) is 0 Å². The van der Waals surface area contributed by atoms with Crippen LogP contribution in [0.2, 0.25) is 5.02 Å². The SMILES string of the molecule is COc1ccc(NC(=O)COC(=O)CNC(=O)c2ccc(Cl)cc2)cc1. The molecule has 26 heavy (non-hydrogen) atoms. The van der Waals surface area contributed by atoms with E-state index in [1.54, 1.807) is 43.5 Å². The molecule has 136 valence electrons. The molecule has 0 radical (unpaired) electrons. The third-order valence-corrected chi connectivity index (χ3v) is 3.49. The molecule has 2 rings (SSSR count). The van der Waals surface area contributed by atoms with Crippen LogP contribution in [0.25, 0.3) is 0 Å². The van der Waals surface area contributed by atoms with Crippen molar-refractivity contribution in [3.63, 3.8) is 0 Å². The maximum Gasteiger partial charge on any atom is 0.325 e. The average molecular weight is 377 g/mol. The topological polar surface area (TPSA) is 93.7 Å². The lowest BCUT2D eigenvalue weighted by molar-refractivity contribution is -0.146. The van der Waals surface area contributed by atoms with Crippen molar-refractivity contribution in [2.75, 3.05) is 25.6 Å². The van der Waals surface area contributed by atoms with Crippen molar-refractivity contribution in [1.82, 2.24) is 5.32 Å². The summed E-state index contributed by atoms with van der Waals surface area (Å²) in [7, 11) is 1.54. The smallest absolute Gasteiger partial charge is 0.325 e. The van der Waals surface area contributed by atoms with Crippen molar-refractivity contribution in [2.45, 2.75) is 0 Å². The van der Waals surface area contributed by atoms with Gasteiger partial charge in [0.25, 0.3) is 11.8 Å². The van der Waals surface area contributed by atoms with Gasteiger partial charge in [-0.3, -0.25) is 14.4 Å². The van der Waals surface area contributed by atoms with Crippen LogP contribution < -0.4 is 15.4 Å². The second kappa shape index (κ2) is 9.43. The summed E-state index contributed by atoms with van der Waals surface area (Å²) in [5.41, 5.74) is 0.905. The van der Waals surface area contributed by atoms with Crippen molar-refractivity contribution in [2.24, 2.45) is 0 Å². The first kappa shape index (κ1) is 19.3. The molecule has 0 aliphatic rings. The van der Waals surface area contributed by atoms with Gasteiger partial charge < -0.3 is 20.1 Å². The lowest BCUT2D eigenvalue weighted by atomic mass is 10.2. The molecule has 0 atom stereocenters. The zero-order chi connectivity index (χ0) is 18.9. The number of hydrogen-bond acceptors (Lipinski definition) is 5. The molecule has 0 saturated carbocycles. The molecule has 2 aromatic rings. The molecular weight excluding hydrogens is 360 g/mol. The van der Waals surface area contributed by atoms with Gasteiger partial charge in [-0.25, -0.2) is 0 Å². The van der Waals surface area contributed by atoms with E-state index in [0.717, 1.165) is 0 Å². The minimum Gasteiger partial charge on any atom is -0.497 e. The molecule has 0 aliphatic carbocycles. The van der Waals surface area contributed by atoms with E-state index < -0.39 is 24.4 Å². The van der Waals surface area contributed by atoms with Crippen LogP contribution in [0, 0.1) is 0 Å². The van der Waals surface area contributed by atoms with E-state index in [0.29, 0.717) is 22.0 Å². The van der Waals surface area contributed by atoms with Gasteiger partial charge in [-0.2, -0.15) is 0 Å². The number of halogens is 1. The number of esters is 1. The predicted molar refractivity (Wildman–Crippen MR) is 96.4 cm³/mol. The Kier molecular flexibility index (Phi) is 6.99. The van der Waals surface area contributed by atoms with Gasteiger partial charge in [0.1, 0.15) is 12.3 Å². The monoisotopic (exact) mass is 376 g/mol. The van der Waals surface area contributed by atoms with Gasteiger partial charge in [-0.05, 0) is 48.5 Å². The average Bonchev–Trinajstić information content (AvgIpc) is 2.65. The molecule has 2 N–H and O–H groups in total. The van der Waals surface area contributed by atoms with E-state index in [1.165, 1.54) is 12.1 Å². The van der Waals surface area contributed by atoms with Gasteiger partial charge in [-0.1, -0.05) is 11.6 Å². The molecule has 0 aromatic heterocycles. The summed E-state index contributed by atoms with van der Waals surface area (Å²) in [4.78, 5) is 35.2. The highest BCUT2D eigenvalue weighted by Gasteiger charge is 2.11. The summed E-state index contributed by atoms with van der Waals surface area (Å²) in [6, 6.07) is 12.9. The van der Waals surface area contributed by atoms with Gasteiger partial charge in [0, 0.05) is 16.3 Å². The maximum absolute atomic E-state index is 11.8. The van der Waals surface area contributed by atoms with E-state index in [1.807, 2.05) is 0 Å². The Morgan fingerprint density at radius 3 is 2.27 bits per heavy atom. The van der Waals surface area contributed by atoms with Gasteiger partial charge >= 0.3 is 5.97 Å². The summed E-state index contributed by atoms with van der Waals surface area (Å²) in [6.45, 7) is -0.807. The normalized spacial score (nSPS) is 9.92. The van der Waals surface area contributed by atoms with Crippen molar-refractivity contribution >= 4 is 35.1 Å². The van der Waals surface area contributed by atoms with Crippen molar-refractivity contribution < 1.29 is 23.9 Å². The largest absolute Gasteiger partial charge is 0.497 e. The quantitative estimate of drug-likeness (QED) is 0.723. The summed E-state index contributed by atoms with van der Waals surface area (Å²) >= 11 is 5.74. The molecular formula is C18H17ClN2O5. The highest BCUT2D eigenvalue weighted by atomic mass is 35.5. The molecule has 0 fully saturated rings. The molecule has 0 heterocycles. The van der Waals surface area contributed by atoms with E-state index in [4.69, 9.17) is 21.1 Å². The van der Waals surface area contributed by atoms with E-state index in [2.05, 4.69) is 10.6 Å². The molecule has 2 aromatic carbocycles. The molecule has 2 amide bonds. The number of amides is 2. The number of nitrogens with one attached hydrogen (secondary N) is 2. The highest BCUT2D eigenvalue weighted by molar-refractivity contribution is 6.30. The second-order valence-electron chi connectivity index (χ2n) is 5.13. The first-order valence-electron chi connectivity index (χ1n) is 7.61. The number of anilines is 1. The third kappa shape index (κ3) is 6.10. The lowest BCUT2D eigenvalue weighted by Crippen LogP contribution is -2.32. The molecule has 8 heteroatoms. The number of rotatable bonds is 7. The van der Waals surface area contributed by atoms with Crippen molar-refractivity contribution in [3.8, 4) is 5.75 Å². The Labute approximate surface area is 155 Å². The standard InChI is InChI=1S/C18H17ClN2O5/c1-25-15-8-6-14(7-9-15)21-16(22)11-26-17(23)10-20-18(24)12-2-4-13(19)5-3-12/h2-9H,10-11H2,1H3,(H,20,24)(H,21,22). The Hall–Kier alpha value is -3.06. The van der Waals surface area contributed by atoms with Crippen LogP contribution in [-0.2, 0) is 14.3 Å². The van der Waals surface area contributed by atoms with Gasteiger partial charge in [0.15, 0.2) is 6.61 Å². The molecule has 0 bridgehead atoms. The zero-order valence-electron chi connectivity index (χ0n) is 14.0. The van der Waals surface area contributed by atoms with Crippen LogP contribution in [0.4, 0.5) is 5.69 Å². The van der Waals surface area contributed by atoms with Crippen LogP contribution >= 0.6 is 11.6 Å². The van der Waals surface area contributed by atoms with E-state index >= 15 is 0 Å². The first-order valence-corrected chi connectivity index (χ1v) is 7.99. The summed E-state index contributed by atoms with van der Waals surface area (Å²) in [5, 5.41) is 5.48. The number of benzene rings is 2. The van der Waals surface area contributed by atoms with Crippen LogP contribution in [0.15, 0.2) is 48.5 Å². The number of carbonyl (C=O) groups excluding carboxylic acids is 3. The fourth-order valence-corrected chi connectivity index (χ4v) is 2.05. The third-order valence-electron chi connectivity index (χ3n) is 3.24. The lowest BCUT2D eigenvalue weighted by Gasteiger charge is -2.08. The number of ether oxygens (including phenoxy) is 2. The predicted octanol–water partition coefficient (Wildman–Crippen LogP) is 2.26. The second-order valence-corrected chi connectivity index (χ2v) is 5.56. The number of methoxy groups -OCH3 is 1. The molecule has 0 spiro atoms. The van der Waals surface area contributed by atoms with E-state index in [9.17, 15) is 14.4 Å². The van der Waals surface area contributed by atoms with Gasteiger partial charge in [-0.15, -0.1) is 0 Å². The Morgan fingerprint density at radius 1 is 1.00 bits per heavy atom. The fraction of sp³-hybridized carbons (Fsp3) is 0.167. The summed E-state index contributed by atoms with van der Waals surface area (Å²) < 4.78 is 9.83. The summed E-state index contributed by atoms with van der Waals surface area (Å²) in [5.74, 6) is -1.00. The zero-order valence-corrected chi connectivity index (χ0v) is 14.7. The van der Waals surface area contributed by atoms with Gasteiger partial charge in [0.05, 0.1) is 7.11 Å². The van der Waals surface area contributed by atoms with Crippen LogP contribution in [0.1, 0.15) is 10.4 Å².